The Morgan fingerprint density at radius 2 is 1.38 bits per heavy atom. The van der Waals surface area contributed by atoms with Crippen LogP contribution in [0.3, 0.4) is 0 Å². The van der Waals surface area contributed by atoms with E-state index in [9.17, 15) is 21.6 Å². The Balaban J connectivity index is 1.51. The summed E-state index contributed by atoms with van der Waals surface area (Å²) in [6, 6.07) is 21.8. The Morgan fingerprint density at radius 3 is 2.08 bits per heavy atom. The molecule has 3 N–H and O–H groups in total. The van der Waals surface area contributed by atoms with Crippen molar-refractivity contribution in [2.45, 2.75) is 30.6 Å². The number of halogens is 1. The van der Waals surface area contributed by atoms with Crippen LogP contribution in [-0.4, -0.2) is 22.7 Å². The number of hydrogen-bond donors (Lipinski definition) is 3. The van der Waals surface area contributed by atoms with Gasteiger partial charge in [-0.1, -0.05) is 35.9 Å². The first-order valence-electron chi connectivity index (χ1n) is 11.7. The minimum atomic E-state index is -3.96. The molecule has 4 aromatic carbocycles. The van der Waals surface area contributed by atoms with Crippen molar-refractivity contribution in [3.05, 3.63) is 112 Å². The molecule has 0 heterocycles. The van der Waals surface area contributed by atoms with Crippen LogP contribution in [0.1, 0.15) is 27.0 Å². The predicted octanol–water partition coefficient (Wildman–Crippen LogP) is 6.12. The van der Waals surface area contributed by atoms with Crippen molar-refractivity contribution in [3.8, 4) is 0 Å². The van der Waals surface area contributed by atoms with Gasteiger partial charge in [-0.05, 0) is 98.1 Å². The molecule has 8 nitrogen and oxygen atoms in total. The van der Waals surface area contributed by atoms with Crippen LogP contribution in [0.5, 0.6) is 0 Å². The Bertz CT molecular complexity index is 1770. The molecule has 0 radical (unpaired) electrons. The van der Waals surface area contributed by atoms with Gasteiger partial charge in [0.15, 0.2) is 0 Å². The van der Waals surface area contributed by atoms with E-state index in [1.54, 1.807) is 50.2 Å². The quantitative estimate of drug-likeness (QED) is 0.231. The molecule has 0 saturated carbocycles. The summed E-state index contributed by atoms with van der Waals surface area (Å²) in [7, 11) is -7.86. The van der Waals surface area contributed by atoms with Gasteiger partial charge in [-0.2, -0.15) is 0 Å². The van der Waals surface area contributed by atoms with Crippen LogP contribution < -0.4 is 14.8 Å². The number of carbonyl (C=O) groups excluding carboxylic acids is 1. The van der Waals surface area contributed by atoms with E-state index in [2.05, 4.69) is 14.8 Å². The van der Waals surface area contributed by atoms with E-state index in [0.717, 1.165) is 5.56 Å². The molecule has 0 atom stereocenters. The second-order valence-corrected chi connectivity index (χ2v) is 12.8. The highest BCUT2D eigenvalue weighted by molar-refractivity contribution is 7.93. The molecule has 0 aliphatic rings. The van der Waals surface area contributed by atoms with Crippen LogP contribution in [0.2, 0.25) is 5.02 Å². The lowest BCUT2D eigenvalue weighted by Crippen LogP contribution is -2.17. The van der Waals surface area contributed by atoms with Crippen molar-refractivity contribution in [2.75, 3.05) is 14.8 Å². The minimum Gasteiger partial charge on any atom is -0.322 e. The number of carbonyl (C=O) groups is 1. The van der Waals surface area contributed by atoms with E-state index in [1.165, 1.54) is 42.5 Å². The molecule has 11 heteroatoms. The van der Waals surface area contributed by atoms with Gasteiger partial charge in [0.25, 0.3) is 26.0 Å². The number of sulfonamides is 2. The van der Waals surface area contributed by atoms with Crippen LogP contribution in [0.15, 0.2) is 94.7 Å². The first-order valence-corrected chi connectivity index (χ1v) is 15.1. The lowest BCUT2D eigenvalue weighted by Gasteiger charge is -2.13. The number of anilines is 3. The molecule has 0 bridgehead atoms. The zero-order chi connectivity index (χ0) is 28.4. The number of rotatable bonds is 8. The number of amides is 1. The van der Waals surface area contributed by atoms with Crippen LogP contribution in [0.25, 0.3) is 0 Å². The molecule has 0 saturated heterocycles. The summed E-state index contributed by atoms with van der Waals surface area (Å²) in [6.45, 7) is 5.25. The summed E-state index contributed by atoms with van der Waals surface area (Å²) in [5, 5.41) is 3.07. The van der Waals surface area contributed by atoms with Crippen molar-refractivity contribution in [3.63, 3.8) is 0 Å². The second-order valence-electron chi connectivity index (χ2n) is 9.00. The van der Waals surface area contributed by atoms with Crippen molar-refractivity contribution in [1.82, 2.24) is 0 Å². The van der Waals surface area contributed by atoms with Gasteiger partial charge in [-0.3, -0.25) is 14.2 Å². The topological polar surface area (TPSA) is 121 Å². The van der Waals surface area contributed by atoms with E-state index < -0.39 is 26.0 Å². The first-order chi connectivity index (χ1) is 18.3. The van der Waals surface area contributed by atoms with E-state index in [1.807, 2.05) is 13.0 Å². The number of aryl methyl sites for hydroxylation is 3. The van der Waals surface area contributed by atoms with Crippen molar-refractivity contribution in [2.24, 2.45) is 0 Å². The van der Waals surface area contributed by atoms with Crippen LogP contribution in [-0.2, 0) is 20.0 Å². The molecular weight excluding hydrogens is 558 g/mol. The van der Waals surface area contributed by atoms with E-state index in [-0.39, 0.29) is 15.4 Å². The lowest BCUT2D eigenvalue weighted by molar-refractivity contribution is 0.102. The minimum absolute atomic E-state index is 0.00851. The average molecular weight is 584 g/mol. The van der Waals surface area contributed by atoms with Crippen molar-refractivity contribution >= 4 is 54.6 Å². The monoisotopic (exact) mass is 583 g/mol. The highest BCUT2D eigenvalue weighted by atomic mass is 35.5. The van der Waals surface area contributed by atoms with Gasteiger partial charge in [-0.15, -0.1) is 0 Å². The summed E-state index contributed by atoms with van der Waals surface area (Å²) >= 11 is 5.98. The zero-order valence-electron chi connectivity index (χ0n) is 21.3. The van der Waals surface area contributed by atoms with E-state index in [0.29, 0.717) is 33.2 Å². The maximum Gasteiger partial charge on any atom is 0.262 e. The summed E-state index contributed by atoms with van der Waals surface area (Å²) < 4.78 is 56.8. The summed E-state index contributed by atoms with van der Waals surface area (Å²) in [5.74, 6) is -0.551. The maximum atomic E-state index is 13.1. The molecule has 0 aliphatic heterocycles. The summed E-state index contributed by atoms with van der Waals surface area (Å²) in [4.78, 5) is 12.9. The third-order valence-corrected chi connectivity index (χ3v) is 9.02. The molecule has 1 amide bonds. The third-order valence-electron chi connectivity index (χ3n) is 5.88. The fourth-order valence-corrected chi connectivity index (χ4v) is 6.39. The average Bonchev–Trinajstić information content (AvgIpc) is 2.86. The van der Waals surface area contributed by atoms with Gasteiger partial charge in [0.1, 0.15) is 0 Å². The number of hydrogen-bond acceptors (Lipinski definition) is 5. The van der Waals surface area contributed by atoms with Crippen LogP contribution in [0, 0.1) is 20.8 Å². The molecule has 0 aromatic heterocycles. The summed E-state index contributed by atoms with van der Waals surface area (Å²) in [5.41, 5.74) is 3.32. The Morgan fingerprint density at radius 1 is 0.692 bits per heavy atom. The normalized spacial score (nSPS) is 11.6. The first kappa shape index (κ1) is 28.2. The smallest absolute Gasteiger partial charge is 0.262 e. The molecule has 4 aromatic rings. The largest absolute Gasteiger partial charge is 0.322 e. The SMILES string of the molecule is Cc1cccc(NS(=O)(=O)c2cc(C(=O)Nc3ccc(S(=O)(=O)Nc4cc(Cl)ccc4C)cc3)ccc2C)c1. The standard InChI is InChI=1S/C28H26ClN3O5S2/c1-18-5-4-6-24(15-18)31-39(36,37)27-16-21(9-7-20(27)3)28(33)30-23-11-13-25(14-12-23)38(34,35)32-26-17-22(29)10-8-19(26)2/h4-17,31-32H,1-3H3,(H,30,33). The van der Waals surface area contributed by atoms with Crippen LogP contribution in [0.4, 0.5) is 17.1 Å². The molecular formula is C28H26ClN3O5S2. The molecule has 0 fully saturated rings. The number of nitrogens with one attached hydrogen (secondary N) is 3. The predicted molar refractivity (Wildman–Crippen MR) is 155 cm³/mol. The lowest BCUT2D eigenvalue weighted by atomic mass is 10.1. The van der Waals surface area contributed by atoms with E-state index in [4.69, 9.17) is 11.6 Å². The highest BCUT2D eigenvalue weighted by Crippen LogP contribution is 2.25. The zero-order valence-corrected chi connectivity index (χ0v) is 23.7. The second kappa shape index (κ2) is 11.1. The van der Waals surface area contributed by atoms with Gasteiger partial charge in [0.2, 0.25) is 0 Å². The molecule has 4 rings (SSSR count). The fourth-order valence-electron chi connectivity index (χ4n) is 3.78. The molecule has 0 aliphatic carbocycles. The highest BCUT2D eigenvalue weighted by Gasteiger charge is 2.20. The Kier molecular flexibility index (Phi) is 8.01. The van der Waals surface area contributed by atoms with Gasteiger partial charge in [-0.25, -0.2) is 16.8 Å². The van der Waals surface area contributed by atoms with Gasteiger partial charge in [0.05, 0.1) is 15.5 Å². The Labute approximate surface area is 233 Å². The molecule has 202 valence electrons. The summed E-state index contributed by atoms with van der Waals surface area (Å²) in [6.07, 6.45) is 0. The fraction of sp³-hybridized carbons (Fsp3) is 0.107. The molecule has 39 heavy (non-hydrogen) atoms. The number of benzene rings is 4. The van der Waals surface area contributed by atoms with Crippen molar-refractivity contribution in [1.29, 1.82) is 0 Å². The Hall–Kier alpha value is -3.86. The molecule has 0 unspecified atom stereocenters. The third kappa shape index (κ3) is 6.78. The van der Waals surface area contributed by atoms with Gasteiger partial charge >= 0.3 is 0 Å². The molecule has 0 spiro atoms. The van der Waals surface area contributed by atoms with Gasteiger partial charge < -0.3 is 5.32 Å². The van der Waals surface area contributed by atoms with Crippen molar-refractivity contribution < 1.29 is 21.6 Å². The maximum absolute atomic E-state index is 13.1. The van der Waals surface area contributed by atoms with Crippen LogP contribution >= 0.6 is 11.6 Å². The van der Waals surface area contributed by atoms with Gasteiger partial charge in [0, 0.05) is 22.0 Å². The van der Waals surface area contributed by atoms with E-state index >= 15 is 0 Å².